The first-order valence-electron chi connectivity index (χ1n) is 16.2. The number of aromatic nitrogens is 1. The van der Waals surface area contributed by atoms with Crippen LogP contribution in [0.15, 0.2) is 48.8 Å². The number of methoxy groups -OCH3 is 4. The van der Waals surface area contributed by atoms with E-state index in [2.05, 4.69) is 58.1 Å². The predicted octanol–water partition coefficient (Wildman–Crippen LogP) is 7.02. The van der Waals surface area contributed by atoms with E-state index in [0.717, 1.165) is 35.5 Å². The summed E-state index contributed by atoms with van der Waals surface area (Å²) in [6.07, 6.45) is 4.88. The molecule has 2 atom stereocenters. The fourth-order valence-corrected chi connectivity index (χ4v) is 7.18. The maximum absolute atomic E-state index is 12.6. The number of carbonyl (C=O) groups excluding carboxylic acids is 2. The molecule has 10 heteroatoms. The Morgan fingerprint density at radius 1 is 0.936 bits per heavy atom. The number of aryl methyl sites for hydroxylation is 1. The van der Waals surface area contributed by atoms with Crippen molar-refractivity contribution < 1.29 is 37.7 Å². The summed E-state index contributed by atoms with van der Waals surface area (Å²) in [6.45, 7) is 13.7. The lowest BCUT2D eigenvalue weighted by atomic mass is 9.99. The van der Waals surface area contributed by atoms with Crippen molar-refractivity contribution in [2.24, 2.45) is 0 Å². The van der Waals surface area contributed by atoms with E-state index in [0.29, 0.717) is 24.1 Å². The molecule has 256 valence electrons. The minimum Gasteiger partial charge on any atom is -0.496 e. The molecule has 0 aliphatic heterocycles. The second kappa shape index (κ2) is 15.1. The van der Waals surface area contributed by atoms with Gasteiger partial charge in [-0.05, 0) is 78.7 Å². The smallest absolute Gasteiger partial charge is 0.339 e. The van der Waals surface area contributed by atoms with Gasteiger partial charge in [0, 0.05) is 24.5 Å². The lowest BCUT2D eigenvalue weighted by Gasteiger charge is -2.42. The number of hydrogen-bond donors (Lipinski definition) is 0. The molecule has 47 heavy (non-hydrogen) atoms. The van der Waals surface area contributed by atoms with Gasteiger partial charge in [0.15, 0.2) is 8.32 Å². The average Bonchev–Trinajstić information content (AvgIpc) is 3.64. The quantitative estimate of drug-likeness (QED) is 0.134. The van der Waals surface area contributed by atoms with Gasteiger partial charge in [-0.1, -0.05) is 45.0 Å². The molecule has 0 unspecified atom stereocenters. The van der Waals surface area contributed by atoms with Gasteiger partial charge in [0.2, 0.25) is 0 Å². The van der Waals surface area contributed by atoms with E-state index in [1.807, 2.05) is 29.8 Å². The number of carbonyl (C=O) groups is 2. The van der Waals surface area contributed by atoms with Gasteiger partial charge in [-0.25, -0.2) is 4.79 Å². The first-order chi connectivity index (χ1) is 22.2. The van der Waals surface area contributed by atoms with E-state index in [1.54, 1.807) is 20.4 Å². The van der Waals surface area contributed by atoms with Crippen molar-refractivity contribution >= 4 is 20.3 Å². The van der Waals surface area contributed by atoms with Crippen LogP contribution >= 0.6 is 0 Å². The Kier molecular flexibility index (Phi) is 11.6. The van der Waals surface area contributed by atoms with E-state index in [4.69, 9.17) is 28.1 Å². The Morgan fingerprint density at radius 3 is 2.04 bits per heavy atom. The maximum Gasteiger partial charge on any atom is 0.339 e. The average molecular weight is 666 g/mol. The Morgan fingerprint density at radius 2 is 1.53 bits per heavy atom. The van der Waals surface area contributed by atoms with Crippen LogP contribution in [0.2, 0.25) is 18.1 Å². The first kappa shape index (κ1) is 36.2. The Balaban J connectivity index is 1.77. The van der Waals surface area contributed by atoms with Crippen LogP contribution in [-0.4, -0.2) is 65.5 Å². The molecule has 0 N–H and O–H groups in total. The van der Waals surface area contributed by atoms with Gasteiger partial charge in [0.1, 0.15) is 11.5 Å². The minimum atomic E-state index is -2.34. The van der Waals surface area contributed by atoms with Crippen LogP contribution in [0.4, 0.5) is 0 Å². The second-order valence-electron chi connectivity index (χ2n) is 13.8. The molecule has 1 aliphatic rings. The molecule has 0 bridgehead atoms. The Hall–Kier alpha value is -3.60. The molecule has 9 nitrogen and oxygen atoms in total. The molecule has 0 fully saturated rings. The molecule has 0 saturated carbocycles. The third kappa shape index (κ3) is 8.47. The SMILES string of the molecule is COC(=O)Cc1cn(CC[C@H](OC2Cc3ccccc3C2)[C@H](O[Si](C)(C)C(C)(C)C)c2cc(OC)c(C)c(OC)c2)cc1C(=O)OC. The highest BCUT2D eigenvalue weighted by molar-refractivity contribution is 6.74. The monoisotopic (exact) mass is 665 g/mol. The summed E-state index contributed by atoms with van der Waals surface area (Å²) in [5, 5.41) is -0.0586. The van der Waals surface area contributed by atoms with E-state index in [1.165, 1.54) is 25.3 Å². The van der Waals surface area contributed by atoms with Crippen LogP contribution in [0.25, 0.3) is 0 Å². The highest BCUT2D eigenvalue weighted by Gasteiger charge is 2.42. The van der Waals surface area contributed by atoms with Crippen molar-refractivity contribution in [1.82, 2.24) is 4.57 Å². The molecule has 0 spiro atoms. The van der Waals surface area contributed by atoms with Crippen LogP contribution in [-0.2, 0) is 49.2 Å². The van der Waals surface area contributed by atoms with Crippen LogP contribution in [0.3, 0.4) is 0 Å². The largest absolute Gasteiger partial charge is 0.496 e. The van der Waals surface area contributed by atoms with Crippen molar-refractivity contribution in [3.05, 3.63) is 82.2 Å². The Labute approximate surface area is 280 Å². The summed E-state index contributed by atoms with van der Waals surface area (Å²) in [6, 6.07) is 12.6. The van der Waals surface area contributed by atoms with Gasteiger partial charge in [-0.15, -0.1) is 0 Å². The van der Waals surface area contributed by atoms with E-state index >= 15 is 0 Å². The number of rotatable bonds is 14. The van der Waals surface area contributed by atoms with Crippen LogP contribution < -0.4 is 9.47 Å². The zero-order valence-corrected chi connectivity index (χ0v) is 30.6. The van der Waals surface area contributed by atoms with Crippen molar-refractivity contribution in [2.45, 2.75) is 96.4 Å². The third-order valence-electron chi connectivity index (χ3n) is 9.65. The third-order valence-corrected chi connectivity index (χ3v) is 14.1. The number of benzene rings is 2. The summed E-state index contributed by atoms with van der Waals surface area (Å²) >= 11 is 0. The van der Waals surface area contributed by atoms with Crippen LogP contribution in [0.1, 0.15) is 71.5 Å². The number of fused-ring (bicyclic) bond motifs is 1. The molecule has 0 saturated heterocycles. The van der Waals surface area contributed by atoms with Crippen molar-refractivity contribution in [2.75, 3.05) is 28.4 Å². The van der Waals surface area contributed by atoms with Gasteiger partial charge in [0.25, 0.3) is 0 Å². The topological polar surface area (TPSA) is 94.5 Å². The van der Waals surface area contributed by atoms with Gasteiger partial charge in [0.05, 0.1) is 58.7 Å². The first-order valence-corrected chi connectivity index (χ1v) is 19.1. The van der Waals surface area contributed by atoms with Gasteiger partial charge in [-0.3, -0.25) is 4.79 Å². The molecule has 0 amide bonds. The second-order valence-corrected chi connectivity index (χ2v) is 18.5. The molecular formula is C37H51NO8Si. The zero-order valence-electron chi connectivity index (χ0n) is 29.6. The highest BCUT2D eigenvalue weighted by atomic mass is 28.4. The summed E-state index contributed by atoms with van der Waals surface area (Å²) in [7, 11) is 3.65. The lowest BCUT2D eigenvalue weighted by molar-refractivity contribution is -0.139. The number of esters is 2. The van der Waals surface area contributed by atoms with Gasteiger partial charge < -0.3 is 32.7 Å². The fourth-order valence-electron chi connectivity index (χ4n) is 5.90. The summed E-state index contributed by atoms with van der Waals surface area (Å²) in [5.74, 6) is 0.503. The van der Waals surface area contributed by atoms with Gasteiger partial charge in [-0.2, -0.15) is 0 Å². The molecule has 1 heterocycles. The standard InChI is InChI=1S/C37H51NO8Si/c1-24-32(41-5)19-27(20-33(24)42-6)35(46-47(9,10)37(2,3)4)31(45-29-17-25-13-11-12-14-26(25)18-29)15-16-38-22-28(21-34(39)43-7)30(23-38)36(40)44-8/h11-14,19-20,22-23,29,31,35H,15-18,21H2,1-10H3/t31-,35+/m0/s1. The van der Waals surface area contributed by atoms with Crippen LogP contribution in [0, 0.1) is 6.92 Å². The molecule has 1 aromatic heterocycles. The molecule has 4 rings (SSSR count). The van der Waals surface area contributed by atoms with Crippen molar-refractivity contribution in [3.63, 3.8) is 0 Å². The fraction of sp³-hybridized carbons (Fsp3) is 0.514. The number of ether oxygens (including phenoxy) is 5. The number of hydrogen-bond acceptors (Lipinski definition) is 8. The van der Waals surface area contributed by atoms with E-state index in [9.17, 15) is 9.59 Å². The lowest BCUT2D eigenvalue weighted by Crippen LogP contribution is -2.45. The molecule has 0 radical (unpaired) electrons. The molecule has 3 aromatic rings. The molecular weight excluding hydrogens is 614 g/mol. The van der Waals surface area contributed by atoms with Crippen LogP contribution in [0.5, 0.6) is 11.5 Å². The maximum atomic E-state index is 12.6. The predicted molar refractivity (Wildman–Crippen MR) is 184 cm³/mol. The summed E-state index contributed by atoms with van der Waals surface area (Å²) < 4.78 is 37.8. The Bertz CT molecular complexity index is 1510. The van der Waals surface area contributed by atoms with E-state index in [-0.39, 0.29) is 23.7 Å². The minimum absolute atomic E-state index is 0.0256. The zero-order chi connectivity index (χ0) is 34.5. The van der Waals surface area contributed by atoms with E-state index < -0.39 is 26.4 Å². The van der Waals surface area contributed by atoms with Crippen molar-refractivity contribution in [3.8, 4) is 11.5 Å². The summed E-state index contributed by atoms with van der Waals surface area (Å²) in [4.78, 5) is 24.8. The highest BCUT2D eigenvalue weighted by Crippen LogP contribution is 2.44. The summed E-state index contributed by atoms with van der Waals surface area (Å²) in [5.41, 5.74) is 5.33. The molecule has 2 aromatic carbocycles. The molecule has 1 aliphatic carbocycles. The van der Waals surface area contributed by atoms with Gasteiger partial charge >= 0.3 is 11.9 Å². The normalized spacial score (nSPS) is 14.8. The van der Waals surface area contributed by atoms with Crippen molar-refractivity contribution in [1.29, 1.82) is 0 Å². The number of nitrogens with zero attached hydrogens (tertiary/aromatic N) is 1.